The molecule has 0 aromatic heterocycles. The topological polar surface area (TPSA) is 108 Å². The average Bonchev–Trinajstić information content (AvgIpc) is 2.86. The monoisotopic (exact) mass is 521 g/mol. The molecule has 38 heavy (non-hydrogen) atoms. The first-order valence-electron chi connectivity index (χ1n) is 11.5. The Balaban J connectivity index is 1.61. The van der Waals surface area contributed by atoms with E-state index in [4.69, 9.17) is 5.11 Å². The van der Waals surface area contributed by atoms with Gasteiger partial charge in [-0.05, 0) is 65.2 Å². The van der Waals surface area contributed by atoms with Gasteiger partial charge in [0.2, 0.25) is 0 Å². The summed E-state index contributed by atoms with van der Waals surface area (Å²) in [6.45, 7) is 0. The number of anilines is 3. The van der Waals surface area contributed by atoms with Gasteiger partial charge in [0, 0.05) is 23.4 Å². The Hall–Kier alpha value is -4.86. The van der Waals surface area contributed by atoms with E-state index in [0.29, 0.717) is 11.3 Å². The second-order valence-electron chi connectivity index (χ2n) is 8.45. The molecule has 4 aromatic rings. The maximum atomic E-state index is 13.1. The minimum Gasteiger partial charge on any atom is -0.481 e. The lowest BCUT2D eigenvalue weighted by atomic mass is 10.1. The predicted octanol–water partition coefficient (Wildman–Crippen LogP) is 6.29. The lowest BCUT2D eigenvalue weighted by Gasteiger charge is -2.16. The molecule has 194 valence electrons. The number of hydrogen-bond acceptors (Lipinski definition) is 4. The third-order valence-electron chi connectivity index (χ3n) is 5.62. The number of fused-ring (bicyclic) bond motifs is 1. The van der Waals surface area contributed by atoms with E-state index >= 15 is 0 Å². The van der Waals surface area contributed by atoms with Crippen molar-refractivity contribution in [1.82, 2.24) is 0 Å². The molecule has 4 rings (SSSR count). The standard InChI is InChI=1S/C28H22F3N3O4/c29-28(30,31)34-22-11-12-23(27(38)32-21-7-3-4-17(14-21)8-13-25(35)36)24(16-22)33-26(37)20-10-9-18-5-1-2-6-19(18)15-20/h1-7,9-12,14-16,34H,8,13H2,(H,32,38)(H,33,37)(H,35,36). The zero-order valence-corrected chi connectivity index (χ0v) is 19.8. The van der Waals surface area contributed by atoms with Crippen molar-refractivity contribution in [3.05, 3.63) is 102 Å². The highest BCUT2D eigenvalue weighted by Crippen LogP contribution is 2.27. The van der Waals surface area contributed by atoms with Gasteiger partial charge in [-0.3, -0.25) is 19.7 Å². The van der Waals surface area contributed by atoms with Crippen LogP contribution in [0, 0.1) is 0 Å². The van der Waals surface area contributed by atoms with Crippen LogP contribution < -0.4 is 16.0 Å². The zero-order valence-electron chi connectivity index (χ0n) is 19.8. The number of alkyl halides is 3. The molecule has 2 amide bonds. The highest BCUT2D eigenvalue weighted by Gasteiger charge is 2.28. The summed E-state index contributed by atoms with van der Waals surface area (Å²) >= 11 is 0. The van der Waals surface area contributed by atoms with Crippen LogP contribution >= 0.6 is 0 Å². The van der Waals surface area contributed by atoms with Crippen molar-refractivity contribution in [3.8, 4) is 0 Å². The van der Waals surface area contributed by atoms with E-state index < -0.39 is 24.1 Å². The summed E-state index contributed by atoms with van der Waals surface area (Å²) < 4.78 is 38.8. The fourth-order valence-corrected chi connectivity index (χ4v) is 3.87. The number of carbonyl (C=O) groups is 3. The fourth-order valence-electron chi connectivity index (χ4n) is 3.87. The first-order valence-corrected chi connectivity index (χ1v) is 11.5. The molecule has 0 aliphatic heterocycles. The molecule has 0 bridgehead atoms. The summed E-state index contributed by atoms with van der Waals surface area (Å²) in [7, 11) is 0. The van der Waals surface area contributed by atoms with E-state index in [1.807, 2.05) is 24.3 Å². The number of benzene rings is 4. The summed E-state index contributed by atoms with van der Waals surface area (Å²) in [5, 5.41) is 17.2. The minimum absolute atomic E-state index is 0.0668. The maximum absolute atomic E-state index is 13.1. The van der Waals surface area contributed by atoms with Gasteiger partial charge in [-0.2, -0.15) is 13.2 Å². The van der Waals surface area contributed by atoms with Gasteiger partial charge in [0.15, 0.2) is 0 Å². The average molecular weight is 521 g/mol. The number of aryl methyl sites for hydroxylation is 1. The Morgan fingerprint density at radius 2 is 1.50 bits per heavy atom. The van der Waals surface area contributed by atoms with Gasteiger partial charge in [0.1, 0.15) is 0 Å². The number of rotatable bonds is 8. The Kier molecular flexibility index (Phi) is 7.61. The molecular weight excluding hydrogens is 499 g/mol. The number of amides is 2. The summed E-state index contributed by atoms with van der Waals surface area (Å²) in [4.78, 5) is 37.0. The van der Waals surface area contributed by atoms with Gasteiger partial charge in [-0.15, -0.1) is 0 Å². The maximum Gasteiger partial charge on any atom is 0.482 e. The summed E-state index contributed by atoms with van der Waals surface area (Å²) in [5.74, 6) is -2.24. The highest BCUT2D eigenvalue weighted by molar-refractivity contribution is 6.13. The van der Waals surface area contributed by atoms with E-state index in [1.165, 1.54) is 11.4 Å². The van der Waals surface area contributed by atoms with Gasteiger partial charge in [-0.1, -0.05) is 42.5 Å². The summed E-state index contributed by atoms with van der Waals surface area (Å²) in [5.41, 5.74) is 0.746. The molecule has 4 aromatic carbocycles. The first kappa shape index (κ1) is 26.2. The van der Waals surface area contributed by atoms with Gasteiger partial charge in [0.25, 0.3) is 11.8 Å². The molecule has 0 heterocycles. The number of aliphatic carboxylic acids is 1. The second-order valence-corrected chi connectivity index (χ2v) is 8.45. The highest BCUT2D eigenvalue weighted by atomic mass is 19.4. The molecule has 0 saturated heterocycles. The SMILES string of the molecule is O=C(O)CCc1cccc(NC(=O)c2ccc(NC(F)(F)F)cc2NC(=O)c2ccc3ccccc3c2)c1. The molecule has 0 aliphatic rings. The largest absolute Gasteiger partial charge is 0.482 e. The number of carboxylic acid groups (broad SMARTS) is 1. The van der Waals surface area contributed by atoms with E-state index in [2.05, 4.69) is 10.6 Å². The third-order valence-corrected chi connectivity index (χ3v) is 5.62. The quantitative estimate of drug-likeness (QED) is 0.204. The van der Waals surface area contributed by atoms with Crippen molar-refractivity contribution in [1.29, 1.82) is 0 Å². The smallest absolute Gasteiger partial charge is 0.481 e. The van der Waals surface area contributed by atoms with Crippen molar-refractivity contribution in [3.63, 3.8) is 0 Å². The molecule has 0 radical (unpaired) electrons. The number of carbonyl (C=O) groups excluding carboxylic acids is 2. The van der Waals surface area contributed by atoms with Crippen LogP contribution in [0.1, 0.15) is 32.7 Å². The van der Waals surface area contributed by atoms with Crippen LogP contribution in [-0.2, 0) is 11.2 Å². The van der Waals surface area contributed by atoms with Gasteiger partial charge < -0.3 is 15.7 Å². The van der Waals surface area contributed by atoms with Gasteiger partial charge >= 0.3 is 12.3 Å². The van der Waals surface area contributed by atoms with E-state index in [9.17, 15) is 27.6 Å². The molecule has 0 unspecified atom stereocenters. The zero-order chi connectivity index (χ0) is 27.3. The molecule has 7 nitrogen and oxygen atoms in total. The molecule has 0 aliphatic carbocycles. The van der Waals surface area contributed by atoms with Crippen LogP contribution in [0.2, 0.25) is 0 Å². The minimum atomic E-state index is -4.72. The number of hydrogen-bond donors (Lipinski definition) is 4. The summed E-state index contributed by atoms with van der Waals surface area (Å²) in [6.07, 6.45) is -4.56. The van der Waals surface area contributed by atoms with Crippen LogP contribution in [0.25, 0.3) is 10.8 Å². The van der Waals surface area contributed by atoms with E-state index in [-0.39, 0.29) is 35.3 Å². The normalized spacial score (nSPS) is 11.1. The number of halogens is 3. The van der Waals surface area contributed by atoms with Crippen molar-refractivity contribution >= 4 is 45.6 Å². The van der Waals surface area contributed by atoms with Crippen molar-refractivity contribution in [2.45, 2.75) is 19.1 Å². The molecule has 0 spiro atoms. The van der Waals surface area contributed by atoms with Crippen LogP contribution in [0.3, 0.4) is 0 Å². The third kappa shape index (κ3) is 6.88. The Morgan fingerprint density at radius 3 is 2.24 bits per heavy atom. The number of carboxylic acids is 1. The van der Waals surface area contributed by atoms with Gasteiger partial charge in [-0.25, -0.2) is 0 Å². The number of nitrogens with one attached hydrogen (secondary N) is 3. The van der Waals surface area contributed by atoms with Crippen LogP contribution in [0.15, 0.2) is 84.9 Å². The molecule has 0 atom stereocenters. The van der Waals surface area contributed by atoms with E-state index in [1.54, 1.807) is 42.5 Å². The molecule has 4 N–H and O–H groups in total. The first-order chi connectivity index (χ1) is 18.1. The Bertz CT molecular complexity index is 1520. The molecule has 0 fully saturated rings. The van der Waals surface area contributed by atoms with Crippen LogP contribution in [0.5, 0.6) is 0 Å². The van der Waals surface area contributed by atoms with Crippen LogP contribution in [0.4, 0.5) is 30.2 Å². The van der Waals surface area contributed by atoms with E-state index in [0.717, 1.165) is 22.9 Å². The van der Waals surface area contributed by atoms with Crippen molar-refractivity contribution in [2.75, 3.05) is 16.0 Å². The second kappa shape index (κ2) is 11.0. The molecule has 10 heteroatoms. The lowest BCUT2D eigenvalue weighted by Crippen LogP contribution is -2.22. The Morgan fingerprint density at radius 1 is 0.737 bits per heavy atom. The van der Waals surface area contributed by atoms with Crippen molar-refractivity contribution in [2.24, 2.45) is 0 Å². The molecule has 0 saturated carbocycles. The van der Waals surface area contributed by atoms with Gasteiger partial charge in [0.05, 0.1) is 11.3 Å². The van der Waals surface area contributed by atoms with Crippen molar-refractivity contribution < 1.29 is 32.7 Å². The summed E-state index contributed by atoms with van der Waals surface area (Å²) in [6, 6.07) is 22.2. The Labute approximate surface area is 215 Å². The van der Waals surface area contributed by atoms with Crippen LogP contribution in [-0.4, -0.2) is 29.2 Å². The molecular formula is C28H22F3N3O4. The lowest BCUT2D eigenvalue weighted by molar-refractivity contribution is -0.137. The fraction of sp³-hybridized carbons (Fsp3) is 0.107. The predicted molar refractivity (Wildman–Crippen MR) is 138 cm³/mol.